The summed E-state index contributed by atoms with van der Waals surface area (Å²) in [4.78, 5) is 0. The van der Waals surface area contributed by atoms with Crippen molar-refractivity contribution < 1.29 is 10.4 Å². The second-order valence-corrected chi connectivity index (χ2v) is 8.37. The zero-order valence-electron chi connectivity index (χ0n) is 17.6. The molecule has 0 aliphatic heterocycles. The van der Waals surface area contributed by atoms with Crippen molar-refractivity contribution in [2.24, 2.45) is 5.92 Å². The third-order valence-electron chi connectivity index (χ3n) is 2.83. The van der Waals surface area contributed by atoms with Crippen molar-refractivity contribution in [2.75, 3.05) is 0 Å². The van der Waals surface area contributed by atoms with Crippen molar-refractivity contribution in [2.45, 2.75) is 85.9 Å². The monoisotopic (exact) mass is 392 g/mol. The summed E-state index contributed by atoms with van der Waals surface area (Å²) in [5.74, 6) is -0.683. The summed E-state index contributed by atoms with van der Waals surface area (Å²) in [6.07, 6.45) is 0.327. The summed E-state index contributed by atoms with van der Waals surface area (Å²) in [6.45, 7) is 18.0. The van der Waals surface area contributed by atoms with Crippen LogP contribution in [0.15, 0.2) is 12.2 Å². The minimum atomic E-state index is -0.683. The first-order valence-corrected chi connectivity index (χ1v) is 8.21. The van der Waals surface area contributed by atoms with E-state index < -0.39 is 17.0 Å². The molecule has 0 unspecified atom stereocenters. The van der Waals surface area contributed by atoms with E-state index in [0.29, 0.717) is 6.42 Å². The lowest BCUT2D eigenvalue weighted by atomic mass is 9.89. The van der Waals surface area contributed by atoms with Gasteiger partial charge >= 0.3 is 0 Å². The van der Waals surface area contributed by atoms with E-state index in [9.17, 15) is 5.21 Å². The Balaban J connectivity index is -0.000000184. The predicted octanol–water partition coefficient (Wildman–Crippen LogP) is 4.30. The van der Waals surface area contributed by atoms with Gasteiger partial charge in [-0.1, -0.05) is 14.0 Å². The van der Waals surface area contributed by atoms with E-state index in [0.717, 1.165) is 0 Å². The summed E-state index contributed by atoms with van der Waals surface area (Å²) in [5.41, 5.74) is 0.912. The van der Waals surface area contributed by atoms with Gasteiger partial charge in [0, 0.05) is 16.6 Å². The van der Waals surface area contributed by atoms with Crippen LogP contribution in [0.1, 0.15) is 69.2 Å². The molecular weight excluding hydrogens is 356 g/mol. The largest absolute Gasteiger partial charge is 0.316 e. The zero-order valence-corrected chi connectivity index (χ0v) is 17.6. The number of nitrogens with zero attached hydrogens (tertiary/aromatic N) is 5. The molecule has 0 amide bonds. The Morgan fingerprint density at radius 2 is 1.29 bits per heavy atom. The molecule has 0 aromatic heterocycles. The zero-order chi connectivity index (χ0) is 22.5. The smallest absolute Gasteiger partial charge is 0.135 e. The Morgan fingerprint density at radius 3 is 1.43 bits per heavy atom. The Morgan fingerprint density at radius 1 is 0.964 bits per heavy atom. The number of hydrogen-bond acceptors (Lipinski definition) is 8. The fraction of sp³-hybridized carbons (Fsp3) is 0.700. The summed E-state index contributed by atoms with van der Waals surface area (Å²) >= 11 is 0. The van der Waals surface area contributed by atoms with Crippen molar-refractivity contribution in [3.63, 3.8) is 0 Å². The molecule has 0 atom stereocenters. The molecule has 0 bridgehead atoms. The van der Waals surface area contributed by atoms with Crippen molar-refractivity contribution in [3.05, 3.63) is 12.2 Å². The van der Waals surface area contributed by atoms with Crippen LogP contribution < -0.4 is 5.48 Å². The lowest BCUT2D eigenvalue weighted by Gasteiger charge is -2.42. The predicted molar refractivity (Wildman–Crippen MR) is 109 cm³/mol. The van der Waals surface area contributed by atoms with Crippen molar-refractivity contribution in [1.29, 1.82) is 21.0 Å². The standard InChI is InChI=1S/C11H19N3O.C4H2N2.C4H11NO.CH4/c1-10(2,3)14(15)11(4,5)6-9(7-12)8-13;1-4(2-5)3-6;1-4(2,3)5-6;/h9,15H,6H2,1-5H3;1H2;5-6H,1-3H3;1H4. The summed E-state index contributed by atoms with van der Waals surface area (Å²) in [7, 11) is 0. The minimum absolute atomic E-state index is 0. The van der Waals surface area contributed by atoms with Crippen LogP contribution in [0.4, 0.5) is 0 Å². The van der Waals surface area contributed by atoms with Crippen LogP contribution in [0.2, 0.25) is 0 Å². The highest BCUT2D eigenvalue weighted by atomic mass is 16.5. The molecule has 0 saturated carbocycles. The average molecular weight is 393 g/mol. The van der Waals surface area contributed by atoms with Crippen LogP contribution in [-0.2, 0) is 0 Å². The number of nitrogens with one attached hydrogen (secondary N) is 1. The molecule has 0 heterocycles. The SMILES string of the molecule is C.C=C(C#N)C#N.CC(C)(C)N(O)C(C)(C)CC(C#N)C#N.CC(C)(C)NO. The van der Waals surface area contributed by atoms with Crippen molar-refractivity contribution in [3.8, 4) is 24.3 Å². The maximum absolute atomic E-state index is 9.97. The van der Waals surface area contributed by atoms with Gasteiger partial charge < -0.3 is 10.4 Å². The number of nitriles is 4. The van der Waals surface area contributed by atoms with Gasteiger partial charge in [-0.05, 0) is 61.8 Å². The van der Waals surface area contributed by atoms with Gasteiger partial charge in [0.05, 0.1) is 12.1 Å². The first-order chi connectivity index (χ1) is 12.0. The number of hydrogen-bond donors (Lipinski definition) is 3. The van der Waals surface area contributed by atoms with Gasteiger partial charge in [0.15, 0.2) is 0 Å². The van der Waals surface area contributed by atoms with Crippen LogP contribution in [-0.4, -0.2) is 32.1 Å². The maximum Gasteiger partial charge on any atom is 0.135 e. The van der Waals surface area contributed by atoms with Gasteiger partial charge in [-0.25, -0.2) is 5.48 Å². The highest BCUT2D eigenvalue weighted by Crippen LogP contribution is 2.28. The second kappa shape index (κ2) is 14.6. The molecule has 0 rings (SSSR count). The average Bonchev–Trinajstić information content (AvgIpc) is 2.57. The Kier molecular flexibility index (Phi) is 17.3. The lowest BCUT2D eigenvalue weighted by Crippen LogP contribution is -2.52. The van der Waals surface area contributed by atoms with Crippen LogP contribution in [0, 0.1) is 51.2 Å². The van der Waals surface area contributed by atoms with Gasteiger partial charge in [-0.3, -0.25) is 0 Å². The van der Waals surface area contributed by atoms with Gasteiger partial charge in [0.2, 0.25) is 0 Å². The first kappa shape index (κ1) is 33.1. The number of rotatable bonds is 3. The van der Waals surface area contributed by atoms with Gasteiger partial charge in [0.25, 0.3) is 0 Å². The quantitative estimate of drug-likeness (QED) is 0.475. The normalized spacial score (nSPS) is 10.4. The van der Waals surface area contributed by atoms with Crippen LogP contribution >= 0.6 is 0 Å². The molecular formula is C20H36N6O2. The van der Waals surface area contributed by atoms with Gasteiger partial charge in [-0.15, -0.1) is 0 Å². The Labute approximate surface area is 170 Å². The van der Waals surface area contributed by atoms with Gasteiger partial charge in [-0.2, -0.15) is 26.1 Å². The Hall–Kier alpha value is -2.46. The fourth-order valence-electron chi connectivity index (χ4n) is 1.64. The van der Waals surface area contributed by atoms with Crippen molar-refractivity contribution in [1.82, 2.24) is 10.5 Å². The maximum atomic E-state index is 9.97. The molecule has 0 fully saturated rings. The molecule has 0 aliphatic rings. The molecule has 0 saturated heterocycles. The number of allylic oxidation sites excluding steroid dienone is 1. The fourth-order valence-corrected chi connectivity index (χ4v) is 1.64. The lowest BCUT2D eigenvalue weighted by molar-refractivity contribution is -0.220. The molecule has 0 radical (unpaired) electrons. The number of hydroxylamine groups is 3. The molecule has 3 N–H and O–H groups in total. The topological polar surface area (TPSA) is 151 Å². The molecule has 8 nitrogen and oxygen atoms in total. The third-order valence-corrected chi connectivity index (χ3v) is 2.83. The minimum Gasteiger partial charge on any atom is -0.316 e. The molecule has 8 heteroatoms. The molecule has 158 valence electrons. The van der Waals surface area contributed by atoms with E-state index in [1.54, 1.807) is 12.1 Å². The van der Waals surface area contributed by atoms with Crippen molar-refractivity contribution >= 4 is 0 Å². The highest BCUT2D eigenvalue weighted by Gasteiger charge is 2.36. The molecule has 0 aromatic carbocycles. The molecule has 0 aliphatic carbocycles. The summed E-state index contributed by atoms with van der Waals surface area (Å²) in [6, 6.07) is 6.95. The first-order valence-electron chi connectivity index (χ1n) is 8.21. The van der Waals surface area contributed by atoms with Crippen LogP contribution in [0.3, 0.4) is 0 Å². The molecule has 28 heavy (non-hydrogen) atoms. The Bertz CT molecular complexity index is 586. The van der Waals surface area contributed by atoms with Gasteiger partial charge in [0.1, 0.15) is 23.6 Å². The van der Waals surface area contributed by atoms with E-state index in [1.807, 2.05) is 67.5 Å². The molecule has 0 aromatic rings. The van der Waals surface area contributed by atoms with Crippen LogP contribution in [0.5, 0.6) is 0 Å². The van der Waals surface area contributed by atoms with E-state index in [2.05, 4.69) is 12.1 Å². The van der Waals surface area contributed by atoms with E-state index in [-0.39, 0.29) is 18.5 Å². The van der Waals surface area contributed by atoms with E-state index in [1.165, 1.54) is 5.06 Å². The summed E-state index contributed by atoms with van der Waals surface area (Å²) < 4.78 is 0. The second-order valence-electron chi connectivity index (χ2n) is 8.37. The highest BCUT2D eigenvalue weighted by molar-refractivity contribution is 5.31. The van der Waals surface area contributed by atoms with E-state index >= 15 is 0 Å². The molecule has 0 spiro atoms. The van der Waals surface area contributed by atoms with Crippen LogP contribution in [0.25, 0.3) is 0 Å². The van der Waals surface area contributed by atoms with E-state index in [4.69, 9.17) is 26.3 Å². The summed E-state index contributed by atoms with van der Waals surface area (Å²) in [5, 5.41) is 52.3. The third kappa shape index (κ3) is 18.3.